The van der Waals surface area contributed by atoms with Crippen molar-refractivity contribution in [3.63, 3.8) is 0 Å². The zero-order valence-electron chi connectivity index (χ0n) is 10.5. The van der Waals surface area contributed by atoms with Gasteiger partial charge in [-0.1, -0.05) is 0 Å². The van der Waals surface area contributed by atoms with Gasteiger partial charge in [0.2, 0.25) is 0 Å². The first-order valence-electron chi connectivity index (χ1n) is 6.04. The fraction of sp³-hybridized carbons (Fsp3) is 0.0714. The molecule has 21 heavy (non-hydrogen) atoms. The molecule has 106 valence electrons. The Hall–Kier alpha value is -1.25. The first-order valence-corrected chi connectivity index (χ1v) is 9.43. The van der Waals surface area contributed by atoms with Crippen LogP contribution in [0.1, 0.15) is 15.9 Å². The van der Waals surface area contributed by atoms with Crippen molar-refractivity contribution in [2.45, 2.75) is 6.61 Å². The van der Waals surface area contributed by atoms with Crippen LogP contribution in [0.2, 0.25) is 0 Å². The van der Waals surface area contributed by atoms with Gasteiger partial charge in [0.05, 0.1) is 31.3 Å². The number of fused-ring (bicyclic) bond motifs is 2. The van der Waals surface area contributed by atoms with Gasteiger partial charge in [-0.05, 0) is 22.9 Å². The summed E-state index contributed by atoms with van der Waals surface area (Å²) in [4.78, 5) is 13.3. The Morgan fingerprint density at radius 1 is 1.00 bits per heavy atom. The molecule has 0 saturated carbocycles. The topological polar surface area (TPSA) is 57.5 Å². The van der Waals surface area contributed by atoms with Gasteiger partial charge in [0.15, 0.2) is 0 Å². The normalized spacial score (nSPS) is 11.7. The second-order valence-corrected chi connectivity index (χ2v) is 8.34. The van der Waals surface area contributed by atoms with Crippen LogP contribution in [0.15, 0.2) is 22.9 Å². The highest BCUT2D eigenvalue weighted by molar-refractivity contribution is 7.34. The van der Waals surface area contributed by atoms with Crippen molar-refractivity contribution in [1.82, 2.24) is 0 Å². The summed E-state index contributed by atoms with van der Waals surface area (Å²) >= 11 is 6.10. The van der Waals surface area contributed by atoms with E-state index in [1.807, 2.05) is 22.9 Å². The maximum atomic E-state index is 11.7. The van der Waals surface area contributed by atoms with Crippen LogP contribution in [0, 0.1) is 0 Å². The number of aliphatic hydroxyl groups excluding tert-OH is 1. The molecule has 0 atom stereocenters. The molecule has 4 aromatic rings. The Bertz CT molecular complexity index is 969. The van der Waals surface area contributed by atoms with Gasteiger partial charge in [-0.3, -0.25) is 0 Å². The molecule has 4 aromatic heterocycles. The van der Waals surface area contributed by atoms with E-state index < -0.39 is 5.97 Å². The smallest absolute Gasteiger partial charge is 0.338 e. The lowest BCUT2D eigenvalue weighted by Crippen LogP contribution is -1.96. The predicted molar refractivity (Wildman–Crippen MR) is 91.3 cm³/mol. The minimum Gasteiger partial charge on any atom is -0.478 e. The van der Waals surface area contributed by atoms with E-state index in [2.05, 4.69) is 0 Å². The molecule has 4 rings (SSSR count). The van der Waals surface area contributed by atoms with Crippen LogP contribution in [-0.4, -0.2) is 16.2 Å². The molecule has 0 amide bonds. The summed E-state index contributed by atoms with van der Waals surface area (Å²) in [5.41, 5.74) is 1.22. The van der Waals surface area contributed by atoms with E-state index in [0.717, 1.165) is 34.1 Å². The molecule has 0 aliphatic carbocycles. The summed E-state index contributed by atoms with van der Waals surface area (Å²) in [7, 11) is 0. The average molecular weight is 352 g/mol. The van der Waals surface area contributed by atoms with Crippen LogP contribution in [0.4, 0.5) is 0 Å². The van der Waals surface area contributed by atoms with E-state index in [-0.39, 0.29) is 6.61 Å². The lowest BCUT2D eigenvalue weighted by Gasteiger charge is -2.00. The van der Waals surface area contributed by atoms with Crippen molar-refractivity contribution in [3.05, 3.63) is 34.0 Å². The Morgan fingerprint density at radius 3 is 2.29 bits per heavy atom. The predicted octanol–water partition coefficient (Wildman–Crippen LogP) is 5.10. The highest BCUT2D eigenvalue weighted by Crippen LogP contribution is 2.48. The van der Waals surface area contributed by atoms with Crippen molar-refractivity contribution in [3.8, 4) is 9.75 Å². The number of carboxylic acids is 1. The van der Waals surface area contributed by atoms with E-state index in [0.29, 0.717) is 5.56 Å². The number of hydrogen-bond acceptors (Lipinski definition) is 6. The standard InChI is InChI=1S/C14H8O3S4/c15-5-6-10-7(1-3-18-10)20-11(6)13-9(14(16)17)12-8(21-13)2-4-19-12/h1-4,15H,5H2,(H,16,17). The fourth-order valence-electron chi connectivity index (χ4n) is 2.38. The van der Waals surface area contributed by atoms with Gasteiger partial charge in [-0.25, -0.2) is 4.79 Å². The van der Waals surface area contributed by atoms with Gasteiger partial charge in [0.1, 0.15) is 0 Å². The Labute approximate surface area is 135 Å². The van der Waals surface area contributed by atoms with Crippen molar-refractivity contribution < 1.29 is 15.0 Å². The van der Waals surface area contributed by atoms with Crippen molar-refractivity contribution in [2.24, 2.45) is 0 Å². The number of carboxylic acid groups (broad SMARTS) is 1. The summed E-state index contributed by atoms with van der Waals surface area (Å²) in [5, 5.41) is 23.2. The molecular weight excluding hydrogens is 344 g/mol. The molecule has 0 aliphatic rings. The van der Waals surface area contributed by atoms with Gasteiger partial charge in [-0.2, -0.15) is 0 Å². The van der Waals surface area contributed by atoms with E-state index in [1.54, 1.807) is 22.7 Å². The second-order valence-electron chi connectivity index (χ2n) is 4.41. The number of hydrogen-bond donors (Lipinski definition) is 2. The summed E-state index contributed by atoms with van der Waals surface area (Å²) in [6, 6.07) is 3.97. The summed E-state index contributed by atoms with van der Waals surface area (Å²) in [5.74, 6) is -0.903. The first-order chi connectivity index (χ1) is 10.2. The largest absolute Gasteiger partial charge is 0.478 e. The molecule has 0 aromatic carbocycles. The van der Waals surface area contributed by atoms with Crippen LogP contribution in [0.25, 0.3) is 28.6 Å². The molecule has 0 aliphatic heterocycles. The molecule has 3 nitrogen and oxygen atoms in total. The summed E-state index contributed by atoms with van der Waals surface area (Å²) in [6.45, 7) is -0.0690. The molecule has 0 bridgehead atoms. The lowest BCUT2D eigenvalue weighted by molar-refractivity contribution is 0.0700. The van der Waals surface area contributed by atoms with E-state index in [4.69, 9.17) is 0 Å². The van der Waals surface area contributed by atoms with Gasteiger partial charge in [-0.15, -0.1) is 45.3 Å². The Balaban J connectivity index is 2.08. The van der Waals surface area contributed by atoms with Crippen LogP contribution >= 0.6 is 45.3 Å². The molecule has 0 fully saturated rings. The zero-order valence-corrected chi connectivity index (χ0v) is 13.7. The quantitative estimate of drug-likeness (QED) is 0.539. The summed E-state index contributed by atoms with van der Waals surface area (Å²) in [6.07, 6.45) is 0. The van der Waals surface area contributed by atoms with Crippen LogP contribution in [-0.2, 0) is 6.61 Å². The van der Waals surface area contributed by atoms with Gasteiger partial charge >= 0.3 is 5.97 Å². The maximum Gasteiger partial charge on any atom is 0.338 e. The monoisotopic (exact) mass is 352 g/mol. The number of carbonyl (C=O) groups is 1. The third-order valence-electron chi connectivity index (χ3n) is 3.26. The molecule has 0 saturated heterocycles. The van der Waals surface area contributed by atoms with Crippen molar-refractivity contribution in [2.75, 3.05) is 0 Å². The summed E-state index contributed by atoms with van der Waals surface area (Å²) < 4.78 is 3.98. The minimum absolute atomic E-state index is 0.0690. The number of rotatable bonds is 3. The molecule has 2 N–H and O–H groups in total. The third-order valence-corrected chi connectivity index (χ3v) is 7.94. The third kappa shape index (κ3) is 1.89. The lowest BCUT2D eigenvalue weighted by atomic mass is 10.1. The highest BCUT2D eigenvalue weighted by Gasteiger charge is 2.25. The Morgan fingerprint density at radius 2 is 1.62 bits per heavy atom. The fourth-order valence-corrected chi connectivity index (χ4v) is 7.25. The minimum atomic E-state index is -0.903. The zero-order chi connectivity index (χ0) is 14.6. The molecule has 0 radical (unpaired) electrons. The molecule has 0 unspecified atom stereocenters. The van der Waals surface area contributed by atoms with Crippen LogP contribution in [0.5, 0.6) is 0 Å². The number of aromatic carboxylic acids is 1. The van der Waals surface area contributed by atoms with Gasteiger partial charge < -0.3 is 10.2 Å². The van der Waals surface area contributed by atoms with Crippen LogP contribution in [0.3, 0.4) is 0 Å². The van der Waals surface area contributed by atoms with Crippen molar-refractivity contribution >= 4 is 70.1 Å². The average Bonchev–Trinajstić information content (AvgIpc) is 3.15. The maximum absolute atomic E-state index is 11.7. The SMILES string of the molecule is O=C(O)c1c(-c2sc3ccsc3c2CO)sc2ccsc12. The Kier molecular flexibility index (Phi) is 3.13. The van der Waals surface area contributed by atoms with Crippen LogP contribution < -0.4 is 0 Å². The van der Waals surface area contributed by atoms with Crippen molar-refractivity contribution in [1.29, 1.82) is 0 Å². The van der Waals surface area contributed by atoms with E-state index in [1.165, 1.54) is 22.7 Å². The first kappa shape index (κ1) is 13.4. The molecule has 4 heterocycles. The van der Waals surface area contributed by atoms with Gasteiger partial charge in [0.25, 0.3) is 0 Å². The van der Waals surface area contributed by atoms with Gasteiger partial charge in [0, 0.05) is 15.0 Å². The van der Waals surface area contributed by atoms with E-state index in [9.17, 15) is 15.0 Å². The highest BCUT2D eigenvalue weighted by atomic mass is 32.1. The van der Waals surface area contributed by atoms with E-state index >= 15 is 0 Å². The molecule has 0 spiro atoms. The number of aliphatic hydroxyl groups is 1. The number of thiophene rings is 4. The second kappa shape index (κ2) is 4.89. The molecule has 7 heteroatoms. The molecular formula is C14H8O3S4.